The third kappa shape index (κ3) is 3.88. The van der Waals surface area contributed by atoms with E-state index in [1.54, 1.807) is 36.9 Å². The highest BCUT2D eigenvalue weighted by molar-refractivity contribution is 5.95. The summed E-state index contributed by atoms with van der Waals surface area (Å²) in [4.78, 5) is 21.0. The van der Waals surface area contributed by atoms with E-state index in [0.29, 0.717) is 11.4 Å². The molecule has 0 bridgehead atoms. The van der Waals surface area contributed by atoms with E-state index in [2.05, 4.69) is 32.4 Å². The summed E-state index contributed by atoms with van der Waals surface area (Å²) in [6.07, 6.45) is 6.02. The fraction of sp³-hybridized carbons (Fsp3) is 0.278. The lowest BCUT2D eigenvalue weighted by atomic mass is 10.1. The summed E-state index contributed by atoms with van der Waals surface area (Å²) in [5.41, 5.74) is 1.36. The molecule has 3 rings (SSSR count). The minimum Gasteiger partial charge on any atom is -0.342 e. The number of nitrogens with zero attached hydrogens (tertiary/aromatic N) is 5. The van der Waals surface area contributed by atoms with Crippen molar-refractivity contribution < 1.29 is 4.79 Å². The van der Waals surface area contributed by atoms with Gasteiger partial charge < -0.3 is 9.88 Å². The first-order valence-corrected chi connectivity index (χ1v) is 8.25. The quantitative estimate of drug-likeness (QED) is 0.748. The third-order valence-electron chi connectivity index (χ3n) is 3.79. The number of carbonyl (C=O) groups is 1. The molecule has 1 unspecified atom stereocenters. The number of carbonyl (C=O) groups excluding carboxylic acids is 1. The predicted molar refractivity (Wildman–Crippen MR) is 93.7 cm³/mol. The Morgan fingerprint density at radius 2 is 2.04 bits per heavy atom. The van der Waals surface area contributed by atoms with Crippen molar-refractivity contribution in [3.63, 3.8) is 0 Å². The highest BCUT2D eigenvalue weighted by Gasteiger charge is 2.17. The standard InChI is InChI=1S/C18H20N6O/c1-3-10-24-12-21-23-17(24)13(2)22-18(25)15-7-4-6-14(11-15)16-19-8-5-9-20-16/h4-9,11-13H,3,10H2,1-2H3,(H,22,25). The molecular formula is C18H20N6O. The van der Waals surface area contributed by atoms with Crippen LogP contribution in [0.25, 0.3) is 11.4 Å². The minimum absolute atomic E-state index is 0.170. The molecule has 0 radical (unpaired) electrons. The average molecular weight is 336 g/mol. The van der Waals surface area contributed by atoms with Gasteiger partial charge in [-0.1, -0.05) is 19.1 Å². The Bertz CT molecular complexity index is 846. The maximum atomic E-state index is 12.6. The molecule has 1 aromatic carbocycles. The Morgan fingerprint density at radius 3 is 2.80 bits per heavy atom. The Labute approximate surface area is 146 Å². The molecule has 1 atom stereocenters. The molecule has 0 saturated carbocycles. The topological polar surface area (TPSA) is 85.6 Å². The van der Waals surface area contributed by atoms with Gasteiger partial charge in [-0.2, -0.15) is 0 Å². The van der Waals surface area contributed by atoms with Gasteiger partial charge in [0.15, 0.2) is 11.6 Å². The fourth-order valence-electron chi connectivity index (χ4n) is 2.60. The Morgan fingerprint density at radius 1 is 1.24 bits per heavy atom. The smallest absolute Gasteiger partial charge is 0.251 e. The second kappa shape index (κ2) is 7.65. The lowest BCUT2D eigenvalue weighted by molar-refractivity contribution is 0.0937. The zero-order valence-electron chi connectivity index (χ0n) is 14.3. The summed E-state index contributed by atoms with van der Waals surface area (Å²) >= 11 is 0. The summed E-state index contributed by atoms with van der Waals surface area (Å²) in [6, 6.07) is 8.78. The molecule has 128 valence electrons. The van der Waals surface area contributed by atoms with Crippen molar-refractivity contribution in [3.8, 4) is 11.4 Å². The maximum Gasteiger partial charge on any atom is 0.251 e. The Balaban J connectivity index is 1.76. The zero-order chi connectivity index (χ0) is 17.6. The van der Waals surface area contributed by atoms with E-state index in [1.807, 2.05) is 23.6 Å². The second-order valence-corrected chi connectivity index (χ2v) is 5.73. The number of amides is 1. The van der Waals surface area contributed by atoms with Gasteiger partial charge in [0, 0.05) is 30.1 Å². The van der Waals surface area contributed by atoms with Crippen LogP contribution in [0.1, 0.15) is 42.5 Å². The van der Waals surface area contributed by atoms with Crippen LogP contribution in [0, 0.1) is 0 Å². The number of aryl methyl sites for hydroxylation is 1. The highest BCUT2D eigenvalue weighted by Crippen LogP contribution is 2.17. The van der Waals surface area contributed by atoms with Crippen molar-refractivity contribution in [1.82, 2.24) is 30.0 Å². The molecule has 0 aliphatic heterocycles. The zero-order valence-corrected chi connectivity index (χ0v) is 14.3. The highest BCUT2D eigenvalue weighted by atomic mass is 16.1. The third-order valence-corrected chi connectivity index (χ3v) is 3.79. The van der Waals surface area contributed by atoms with E-state index in [1.165, 1.54) is 0 Å². The van der Waals surface area contributed by atoms with Crippen LogP contribution in [0.5, 0.6) is 0 Å². The largest absolute Gasteiger partial charge is 0.342 e. The van der Waals surface area contributed by atoms with Crippen LogP contribution in [0.2, 0.25) is 0 Å². The van der Waals surface area contributed by atoms with E-state index in [-0.39, 0.29) is 11.9 Å². The Kier molecular flexibility index (Phi) is 5.13. The molecule has 7 heteroatoms. The van der Waals surface area contributed by atoms with Gasteiger partial charge in [-0.25, -0.2) is 9.97 Å². The van der Waals surface area contributed by atoms with Crippen molar-refractivity contribution in [3.05, 3.63) is 60.4 Å². The van der Waals surface area contributed by atoms with Crippen LogP contribution < -0.4 is 5.32 Å². The van der Waals surface area contributed by atoms with Gasteiger partial charge >= 0.3 is 0 Å². The van der Waals surface area contributed by atoms with Gasteiger partial charge in [0.25, 0.3) is 5.91 Å². The number of hydrogen-bond acceptors (Lipinski definition) is 5. The average Bonchev–Trinajstić information content (AvgIpc) is 3.11. The normalized spacial score (nSPS) is 11.9. The molecule has 0 aliphatic rings. The van der Waals surface area contributed by atoms with Gasteiger partial charge in [-0.3, -0.25) is 4.79 Å². The first-order chi connectivity index (χ1) is 12.2. The molecule has 0 aliphatic carbocycles. The molecule has 25 heavy (non-hydrogen) atoms. The van der Waals surface area contributed by atoms with Gasteiger partial charge in [0.2, 0.25) is 0 Å². The van der Waals surface area contributed by atoms with Crippen LogP contribution in [0.4, 0.5) is 0 Å². The SMILES string of the molecule is CCCn1cnnc1C(C)NC(=O)c1cccc(-c2ncccn2)c1. The summed E-state index contributed by atoms with van der Waals surface area (Å²) in [5, 5.41) is 11.0. The predicted octanol–water partition coefficient (Wildman–Crippen LogP) is 2.64. The van der Waals surface area contributed by atoms with E-state index in [4.69, 9.17) is 0 Å². The molecule has 2 aromatic heterocycles. The van der Waals surface area contributed by atoms with E-state index >= 15 is 0 Å². The van der Waals surface area contributed by atoms with Crippen LogP contribution in [-0.4, -0.2) is 30.6 Å². The van der Waals surface area contributed by atoms with Crippen molar-refractivity contribution >= 4 is 5.91 Å². The summed E-state index contributed by atoms with van der Waals surface area (Å²) < 4.78 is 1.96. The molecule has 1 amide bonds. The summed E-state index contributed by atoms with van der Waals surface area (Å²) in [5.74, 6) is 1.17. The van der Waals surface area contributed by atoms with Crippen molar-refractivity contribution in [1.29, 1.82) is 0 Å². The Hall–Kier alpha value is -3.09. The first kappa shape index (κ1) is 16.8. The van der Waals surface area contributed by atoms with Gasteiger partial charge in [-0.15, -0.1) is 10.2 Å². The van der Waals surface area contributed by atoms with E-state index < -0.39 is 0 Å². The molecule has 3 aromatic rings. The van der Waals surface area contributed by atoms with Gasteiger partial charge in [0.05, 0.1) is 6.04 Å². The van der Waals surface area contributed by atoms with Gasteiger partial charge in [0.1, 0.15) is 6.33 Å². The van der Waals surface area contributed by atoms with Crippen LogP contribution >= 0.6 is 0 Å². The molecule has 7 nitrogen and oxygen atoms in total. The second-order valence-electron chi connectivity index (χ2n) is 5.73. The van der Waals surface area contributed by atoms with Crippen molar-refractivity contribution in [2.75, 3.05) is 0 Å². The molecule has 2 heterocycles. The van der Waals surface area contributed by atoms with Crippen molar-refractivity contribution in [2.24, 2.45) is 0 Å². The number of aromatic nitrogens is 5. The van der Waals surface area contributed by atoms with Crippen LogP contribution in [0.3, 0.4) is 0 Å². The molecule has 1 N–H and O–H groups in total. The monoisotopic (exact) mass is 336 g/mol. The number of nitrogens with one attached hydrogen (secondary N) is 1. The van der Waals surface area contributed by atoms with Crippen LogP contribution in [-0.2, 0) is 6.54 Å². The first-order valence-electron chi connectivity index (χ1n) is 8.25. The number of rotatable bonds is 6. The maximum absolute atomic E-state index is 12.6. The van der Waals surface area contributed by atoms with E-state index in [9.17, 15) is 4.79 Å². The van der Waals surface area contributed by atoms with Gasteiger partial charge in [-0.05, 0) is 31.5 Å². The summed E-state index contributed by atoms with van der Waals surface area (Å²) in [6.45, 7) is 4.81. The van der Waals surface area contributed by atoms with Crippen LogP contribution in [0.15, 0.2) is 49.1 Å². The summed E-state index contributed by atoms with van der Waals surface area (Å²) in [7, 11) is 0. The molecular weight excluding hydrogens is 316 g/mol. The molecule has 0 saturated heterocycles. The molecule has 0 fully saturated rings. The lowest BCUT2D eigenvalue weighted by Crippen LogP contribution is -2.28. The number of hydrogen-bond donors (Lipinski definition) is 1. The fourth-order valence-corrected chi connectivity index (χ4v) is 2.60. The van der Waals surface area contributed by atoms with E-state index in [0.717, 1.165) is 24.4 Å². The minimum atomic E-state index is -0.238. The number of benzene rings is 1. The van der Waals surface area contributed by atoms with Crippen molar-refractivity contribution in [2.45, 2.75) is 32.9 Å². The lowest BCUT2D eigenvalue weighted by Gasteiger charge is -2.14. The molecule has 0 spiro atoms.